The molecule has 1 heterocycles. The van der Waals surface area contributed by atoms with Crippen LogP contribution < -0.4 is 9.47 Å². The van der Waals surface area contributed by atoms with Crippen molar-refractivity contribution < 1.29 is 19.4 Å². The second-order valence-corrected chi connectivity index (χ2v) is 3.55. The van der Waals surface area contributed by atoms with E-state index >= 15 is 0 Å². The minimum atomic E-state index is -1.04. The largest absolute Gasteiger partial charge is 0.496 e. The van der Waals surface area contributed by atoms with E-state index in [-0.39, 0.29) is 5.56 Å². The maximum absolute atomic E-state index is 11.0. The summed E-state index contributed by atoms with van der Waals surface area (Å²) in [5.41, 5.74) is 1.54. The first-order valence-electron chi connectivity index (χ1n) is 5.16. The summed E-state index contributed by atoms with van der Waals surface area (Å²) in [6.45, 7) is 0. The number of carbonyl (C=O) groups is 1. The van der Waals surface area contributed by atoms with E-state index in [0.717, 1.165) is 5.56 Å². The number of rotatable bonds is 4. The van der Waals surface area contributed by atoms with Crippen LogP contribution in [0.4, 0.5) is 0 Å². The van der Waals surface area contributed by atoms with E-state index in [1.165, 1.54) is 26.4 Å². The first-order valence-corrected chi connectivity index (χ1v) is 5.16. The summed E-state index contributed by atoms with van der Waals surface area (Å²) >= 11 is 0. The third kappa shape index (κ3) is 2.00. The molecule has 6 heteroatoms. The molecule has 1 aromatic heterocycles. The van der Waals surface area contributed by atoms with Crippen molar-refractivity contribution in [3.8, 4) is 22.6 Å². The Hall–Kier alpha value is -2.50. The second-order valence-electron chi connectivity index (χ2n) is 3.55. The minimum absolute atomic E-state index is 0.107. The number of aromatic amines is 1. The second kappa shape index (κ2) is 4.79. The lowest BCUT2D eigenvalue weighted by Crippen LogP contribution is -2.00. The van der Waals surface area contributed by atoms with Gasteiger partial charge in [-0.15, -0.1) is 0 Å². The monoisotopic (exact) mass is 248 g/mol. The van der Waals surface area contributed by atoms with Gasteiger partial charge in [0.25, 0.3) is 0 Å². The topological polar surface area (TPSA) is 84.4 Å². The molecule has 2 N–H and O–H groups in total. The molecule has 0 amide bonds. The zero-order valence-corrected chi connectivity index (χ0v) is 9.93. The van der Waals surface area contributed by atoms with Crippen LogP contribution in [0.5, 0.6) is 11.5 Å². The zero-order valence-electron chi connectivity index (χ0n) is 9.93. The van der Waals surface area contributed by atoms with Crippen molar-refractivity contribution in [1.82, 2.24) is 10.2 Å². The Morgan fingerprint density at radius 3 is 2.28 bits per heavy atom. The van der Waals surface area contributed by atoms with Crippen LogP contribution in [0.25, 0.3) is 11.1 Å². The molecule has 0 aliphatic heterocycles. The predicted octanol–water partition coefficient (Wildman–Crippen LogP) is 1.79. The smallest absolute Gasteiger partial charge is 0.335 e. The van der Waals surface area contributed by atoms with Crippen molar-refractivity contribution in [1.29, 1.82) is 0 Å². The molecule has 6 nitrogen and oxygen atoms in total. The van der Waals surface area contributed by atoms with Gasteiger partial charge < -0.3 is 14.6 Å². The van der Waals surface area contributed by atoms with Gasteiger partial charge in [-0.3, -0.25) is 5.10 Å². The Bertz CT molecular complexity index is 538. The molecule has 0 bridgehead atoms. The third-order valence-corrected chi connectivity index (χ3v) is 2.54. The van der Waals surface area contributed by atoms with Crippen molar-refractivity contribution in [2.24, 2.45) is 0 Å². The Labute approximate surface area is 103 Å². The normalized spacial score (nSPS) is 10.1. The molecule has 0 saturated carbocycles. The van der Waals surface area contributed by atoms with Gasteiger partial charge in [0.2, 0.25) is 0 Å². The van der Waals surface area contributed by atoms with Crippen LogP contribution in [0.2, 0.25) is 0 Å². The van der Waals surface area contributed by atoms with E-state index in [9.17, 15) is 4.79 Å². The Morgan fingerprint density at radius 1 is 1.28 bits per heavy atom. The fourth-order valence-electron chi connectivity index (χ4n) is 1.71. The van der Waals surface area contributed by atoms with Crippen molar-refractivity contribution in [2.75, 3.05) is 14.2 Å². The SMILES string of the molecule is COc1cc(C(=O)O)cc(OC)c1-c1cn[nH]c1. The third-order valence-electron chi connectivity index (χ3n) is 2.54. The number of carboxylic acid groups (broad SMARTS) is 1. The molecule has 0 spiro atoms. The molecule has 94 valence electrons. The number of benzene rings is 1. The highest BCUT2D eigenvalue weighted by molar-refractivity contribution is 5.91. The molecule has 0 radical (unpaired) electrons. The van der Waals surface area contributed by atoms with Crippen LogP contribution >= 0.6 is 0 Å². The lowest BCUT2D eigenvalue weighted by molar-refractivity contribution is 0.0696. The average molecular weight is 248 g/mol. The number of hydrogen-bond donors (Lipinski definition) is 2. The molecular formula is C12H12N2O4. The fraction of sp³-hybridized carbons (Fsp3) is 0.167. The summed E-state index contributed by atoms with van der Waals surface area (Å²) in [6.07, 6.45) is 3.29. The van der Waals surface area contributed by atoms with Gasteiger partial charge >= 0.3 is 5.97 Å². The molecule has 0 saturated heterocycles. The minimum Gasteiger partial charge on any atom is -0.496 e. The molecule has 2 aromatic rings. The molecule has 0 aliphatic carbocycles. The highest BCUT2D eigenvalue weighted by Crippen LogP contribution is 2.39. The lowest BCUT2D eigenvalue weighted by atomic mass is 10.0. The van der Waals surface area contributed by atoms with Gasteiger partial charge in [-0.25, -0.2) is 4.79 Å². The van der Waals surface area contributed by atoms with Gasteiger partial charge in [0.1, 0.15) is 11.5 Å². The standard InChI is InChI=1S/C12H12N2O4/c1-17-9-3-7(12(15)16)4-10(18-2)11(9)8-5-13-14-6-8/h3-6H,1-2H3,(H,13,14)(H,15,16). The first kappa shape index (κ1) is 12.0. The van der Waals surface area contributed by atoms with E-state index in [4.69, 9.17) is 14.6 Å². The molecule has 1 aromatic carbocycles. The molecule has 18 heavy (non-hydrogen) atoms. The summed E-state index contributed by atoms with van der Waals surface area (Å²) in [6, 6.07) is 2.90. The number of aromatic nitrogens is 2. The van der Waals surface area contributed by atoms with Gasteiger partial charge in [-0.05, 0) is 12.1 Å². The Kier molecular flexibility index (Phi) is 3.18. The quantitative estimate of drug-likeness (QED) is 0.861. The summed E-state index contributed by atoms with van der Waals surface area (Å²) < 4.78 is 10.4. The number of hydrogen-bond acceptors (Lipinski definition) is 4. The summed E-state index contributed by atoms with van der Waals surface area (Å²) in [5, 5.41) is 15.6. The van der Waals surface area contributed by atoms with Gasteiger partial charge in [0.15, 0.2) is 0 Å². The van der Waals surface area contributed by atoms with E-state index in [1.54, 1.807) is 12.4 Å². The van der Waals surface area contributed by atoms with Crippen molar-refractivity contribution >= 4 is 5.97 Å². The van der Waals surface area contributed by atoms with Crippen LogP contribution in [0.3, 0.4) is 0 Å². The summed E-state index contributed by atoms with van der Waals surface area (Å²) in [7, 11) is 2.95. The fourth-order valence-corrected chi connectivity index (χ4v) is 1.71. The van der Waals surface area contributed by atoms with Crippen LogP contribution in [-0.4, -0.2) is 35.5 Å². The highest BCUT2D eigenvalue weighted by atomic mass is 16.5. The van der Waals surface area contributed by atoms with Gasteiger partial charge in [0, 0.05) is 11.8 Å². The molecule has 0 unspecified atom stereocenters. The van der Waals surface area contributed by atoms with Crippen LogP contribution in [0.1, 0.15) is 10.4 Å². The molecular weight excluding hydrogens is 236 g/mol. The van der Waals surface area contributed by atoms with Crippen molar-refractivity contribution in [3.05, 3.63) is 30.1 Å². The van der Waals surface area contributed by atoms with Crippen molar-refractivity contribution in [2.45, 2.75) is 0 Å². The van der Waals surface area contributed by atoms with Crippen LogP contribution in [0.15, 0.2) is 24.5 Å². The highest BCUT2D eigenvalue weighted by Gasteiger charge is 2.17. The number of nitrogens with zero attached hydrogens (tertiary/aromatic N) is 1. The van der Waals surface area contributed by atoms with Gasteiger partial charge in [-0.1, -0.05) is 0 Å². The molecule has 0 fully saturated rings. The zero-order chi connectivity index (χ0) is 13.1. The van der Waals surface area contributed by atoms with E-state index in [0.29, 0.717) is 17.1 Å². The number of ether oxygens (including phenoxy) is 2. The number of methoxy groups -OCH3 is 2. The maximum Gasteiger partial charge on any atom is 0.335 e. The average Bonchev–Trinajstić information content (AvgIpc) is 2.90. The predicted molar refractivity (Wildman–Crippen MR) is 64.1 cm³/mol. The summed E-state index contributed by atoms with van der Waals surface area (Å²) in [4.78, 5) is 11.0. The van der Waals surface area contributed by atoms with Crippen LogP contribution in [-0.2, 0) is 0 Å². The van der Waals surface area contributed by atoms with Crippen molar-refractivity contribution in [3.63, 3.8) is 0 Å². The van der Waals surface area contributed by atoms with E-state index < -0.39 is 5.97 Å². The molecule has 0 aliphatic rings. The lowest BCUT2D eigenvalue weighted by Gasteiger charge is -2.13. The number of carboxylic acids is 1. The number of H-pyrrole nitrogens is 1. The number of nitrogens with one attached hydrogen (secondary N) is 1. The maximum atomic E-state index is 11.0. The molecule has 2 rings (SSSR count). The Balaban J connectivity index is 2.67. The van der Waals surface area contributed by atoms with E-state index in [2.05, 4.69) is 10.2 Å². The first-order chi connectivity index (χ1) is 8.67. The van der Waals surface area contributed by atoms with E-state index in [1.807, 2.05) is 0 Å². The molecule has 0 atom stereocenters. The van der Waals surface area contributed by atoms with Gasteiger partial charge in [-0.2, -0.15) is 5.10 Å². The number of aromatic carboxylic acids is 1. The van der Waals surface area contributed by atoms with Crippen LogP contribution in [0, 0.1) is 0 Å². The summed E-state index contributed by atoms with van der Waals surface area (Å²) in [5.74, 6) is -0.188. The van der Waals surface area contributed by atoms with Gasteiger partial charge in [0.05, 0.1) is 31.5 Å². The Morgan fingerprint density at radius 2 is 1.89 bits per heavy atom.